The molecule has 1 heterocycles. The largest absolute Gasteiger partial charge is 0.433 e. The number of fused-ring (bicyclic) bond motifs is 1. The van der Waals surface area contributed by atoms with E-state index in [2.05, 4.69) is 4.98 Å². The maximum absolute atomic E-state index is 12.6. The summed E-state index contributed by atoms with van der Waals surface area (Å²) < 4.78 is 37.7. The topological polar surface area (TPSA) is 38.9 Å². The first-order valence-corrected chi connectivity index (χ1v) is 5.52. The van der Waals surface area contributed by atoms with Crippen LogP contribution in [0.5, 0.6) is 0 Å². The van der Waals surface area contributed by atoms with Crippen LogP contribution in [-0.4, -0.2) is 4.98 Å². The Balaban J connectivity index is 2.45. The van der Waals surface area contributed by atoms with Crippen LogP contribution in [0.25, 0.3) is 0 Å². The van der Waals surface area contributed by atoms with Crippen LogP contribution in [0.1, 0.15) is 43.3 Å². The monoisotopic (exact) mass is 244 g/mol. The molecule has 2 N–H and O–H groups in total. The summed E-state index contributed by atoms with van der Waals surface area (Å²) in [6, 6.07) is 2.26. The number of alkyl halides is 3. The SMILES string of the molecule is CC1(C)Cc2nc(C(F)(F)F)ccc2[C@H](N)C1. The van der Waals surface area contributed by atoms with Gasteiger partial charge < -0.3 is 5.73 Å². The zero-order valence-corrected chi connectivity index (χ0v) is 9.80. The molecule has 0 fully saturated rings. The molecule has 2 nitrogen and oxygen atoms in total. The Hall–Kier alpha value is -1.10. The number of hydrogen-bond donors (Lipinski definition) is 1. The summed E-state index contributed by atoms with van der Waals surface area (Å²) in [5.74, 6) is 0. The molecule has 1 aromatic rings. The average Bonchev–Trinajstić information content (AvgIpc) is 2.13. The summed E-state index contributed by atoms with van der Waals surface area (Å²) in [5, 5.41) is 0. The number of pyridine rings is 1. The fraction of sp³-hybridized carbons (Fsp3) is 0.583. The Bertz CT molecular complexity index is 438. The van der Waals surface area contributed by atoms with Gasteiger partial charge in [0.05, 0.1) is 0 Å². The van der Waals surface area contributed by atoms with Crippen molar-refractivity contribution in [3.05, 3.63) is 29.1 Å². The first-order valence-electron chi connectivity index (χ1n) is 5.52. The molecule has 0 saturated heterocycles. The normalized spacial score (nSPS) is 23.3. The van der Waals surface area contributed by atoms with E-state index in [1.807, 2.05) is 13.8 Å². The van der Waals surface area contributed by atoms with Gasteiger partial charge in [0.2, 0.25) is 0 Å². The third kappa shape index (κ3) is 2.44. The summed E-state index contributed by atoms with van der Waals surface area (Å²) in [7, 11) is 0. The van der Waals surface area contributed by atoms with Gasteiger partial charge in [0.1, 0.15) is 5.69 Å². The zero-order valence-electron chi connectivity index (χ0n) is 9.80. The van der Waals surface area contributed by atoms with Crippen LogP contribution < -0.4 is 5.73 Å². The minimum absolute atomic E-state index is 0.0936. The zero-order chi connectivity index (χ0) is 12.8. The molecule has 94 valence electrons. The van der Waals surface area contributed by atoms with Crippen molar-refractivity contribution in [3.63, 3.8) is 0 Å². The number of nitrogens with zero attached hydrogens (tertiary/aromatic N) is 1. The van der Waals surface area contributed by atoms with E-state index in [0.717, 1.165) is 18.1 Å². The molecule has 2 rings (SSSR count). The van der Waals surface area contributed by atoms with Gasteiger partial charge in [-0.2, -0.15) is 13.2 Å². The second kappa shape index (κ2) is 3.70. The molecule has 17 heavy (non-hydrogen) atoms. The lowest BCUT2D eigenvalue weighted by atomic mass is 9.74. The predicted octanol–water partition coefficient (Wildman–Crippen LogP) is 3.07. The summed E-state index contributed by atoms with van der Waals surface area (Å²) in [6.07, 6.45) is -3.08. The molecule has 5 heteroatoms. The van der Waals surface area contributed by atoms with E-state index < -0.39 is 11.9 Å². The molecule has 1 atom stereocenters. The van der Waals surface area contributed by atoms with Crippen LogP contribution in [0.15, 0.2) is 12.1 Å². The number of aromatic nitrogens is 1. The average molecular weight is 244 g/mol. The third-order valence-corrected chi connectivity index (χ3v) is 3.12. The van der Waals surface area contributed by atoms with Gasteiger partial charge in [0, 0.05) is 11.7 Å². The fourth-order valence-electron chi connectivity index (χ4n) is 2.38. The molecule has 0 bridgehead atoms. The molecular formula is C12H15F3N2. The maximum Gasteiger partial charge on any atom is 0.433 e. The molecule has 1 aromatic heterocycles. The van der Waals surface area contributed by atoms with Crippen molar-refractivity contribution in [3.8, 4) is 0 Å². The number of rotatable bonds is 0. The second-order valence-corrected chi connectivity index (χ2v) is 5.38. The fourth-order valence-corrected chi connectivity index (χ4v) is 2.38. The van der Waals surface area contributed by atoms with Gasteiger partial charge in [-0.05, 0) is 29.9 Å². The van der Waals surface area contributed by atoms with Crippen molar-refractivity contribution < 1.29 is 13.2 Å². The predicted molar refractivity (Wildman–Crippen MR) is 58.3 cm³/mol. The highest BCUT2D eigenvalue weighted by Crippen LogP contribution is 2.40. The number of halogens is 3. The Morgan fingerprint density at radius 3 is 2.59 bits per heavy atom. The van der Waals surface area contributed by atoms with Crippen LogP contribution in [0.4, 0.5) is 13.2 Å². The van der Waals surface area contributed by atoms with Gasteiger partial charge >= 0.3 is 6.18 Å². The first-order chi connectivity index (χ1) is 7.69. The van der Waals surface area contributed by atoms with E-state index >= 15 is 0 Å². The van der Waals surface area contributed by atoms with Gasteiger partial charge in [0.25, 0.3) is 0 Å². The van der Waals surface area contributed by atoms with E-state index in [1.165, 1.54) is 6.07 Å². The highest BCUT2D eigenvalue weighted by atomic mass is 19.4. The molecule has 0 aliphatic heterocycles. The van der Waals surface area contributed by atoms with Gasteiger partial charge in [-0.3, -0.25) is 0 Å². The molecule has 1 aliphatic carbocycles. The molecule has 0 amide bonds. The highest BCUT2D eigenvalue weighted by Gasteiger charge is 2.36. The minimum atomic E-state index is -4.39. The second-order valence-electron chi connectivity index (χ2n) is 5.38. The van der Waals surface area contributed by atoms with Crippen molar-refractivity contribution in [2.24, 2.45) is 11.1 Å². The lowest BCUT2D eigenvalue weighted by molar-refractivity contribution is -0.141. The Morgan fingerprint density at radius 1 is 1.35 bits per heavy atom. The van der Waals surface area contributed by atoms with Gasteiger partial charge in [-0.15, -0.1) is 0 Å². The van der Waals surface area contributed by atoms with E-state index in [4.69, 9.17) is 5.73 Å². The Kier molecular flexibility index (Phi) is 2.69. The summed E-state index contributed by atoms with van der Waals surface area (Å²) in [4.78, 5) is 3.73. The van der Waals surface area contributed by atoms with Gasteiger partial charge in [-0.1, -0.05) is 19.9 Å². The number of nitrogens with two attached hydrogens (primary N) is 1. The first kappa shape index (κ1) is 12.4. The van der Waals surface area contributed by atoms with E-state index in [9.17, 15) is 13.2 Å². The van der Waals surface area contributed by atoms with Crippen LogP contribution in [0.3, 0.4) is 0 Å². The molecule has 0 saturated carbocycles. The van der Waals surface area contributed by atoms with Crippen molar-refractivity contribution >= 4 is 0 Å². The lowest BCUT2D eigenvalue weighted by Gasteiger charge is -2.34. The van der Waals surface area contributed by atoms with E-state index in [-0.39, 0.29) is 11.5 Å². The van der Waals surface area contributed by atoms with Gasteiger partial charge in [0.15, 0.2) is 0 Å². The summed E-state index contributed by atoms with van der Waals surface area (Å²) in [5.41, 5.74) is 6.27. The van der Waals surface area contributed by atoms with Crippen molar-refractivity contribution in [1.82, 2.24) is 4.98 Å². The molecule has 0 unspecified atom stereocenters. The van der Waals surface area contributed by atoms with E-state index in [1.54, 1.807) is 0 Å². The quantitative estimate of drug-likeness (QED) is 0.761. The third-order valence-electron chi connectivity index (χ3n) is 3.12. The Labute approximate surface area is 98.0 Å². The Morgan fingerprint density at radius 2 is 2.00 bits per heavy atom. The van der Waals surface area contributed by atoms with Crippen molar-refractivity contribution in [1.29, 1.82) is 0 Å². The van der Waals surface area contributed by atoms with Crippen LogP contribution in [0, 0.1) is 5.41 Å². The molecular weight excluding hydrogens is 229 g/mol. The number of hydrogen-bond acceptors (Lipinski definition) is 2. The van der Waals surface area contributed by atoms with Crippen LogP contribution in [0.2, 0.25) is 0 Å². The summed E-state index contributed by atoms with van der Waals surface area (Å²) in [6.45, 7) is 4.00. The molecule has 0 spiro atoms. The van der Waals surface area contributed by atoms with E-state index in [0.29, 0.717) is 12.1 Å². The van der Waals surface area contributed by atoms with Crippen LogP contribution >= 0.6 is 0 Å². The molecule has 0 radical (unpaired) electrons. The highest BCUT2D eigenvalue weighted by molar-refractivity contribution is 5.30. The molecule has 0 aromatic carbocycles. The van der Waals surface area contributed by atoms with Crippen LogP contribution in [-0.2, 0) is 12.6 Å². The maximum atomic E-state index is 12.6. The van der Waals surface area contributed by atoms with Crippen molar-refractivity contribution in [2.75, 3.05) is 0 Å². The minimum Gasteiger partial charge on any atom is -0.324 e. The standard InChI is InChI=1S/C12H15F3N2/c1-11(2)5-8(16)7-3-4-10(12(13,14)15)17-9(7)6-11/h3-4,8H,5-6,16H2,1-2H3/t8-/m1/s1. The lowest BCUT2D eigenvalue weighted by Crippen LogP contribution is -2.31. The smallest absolute Gasteiger partial charge is 0.324 e. The van der Waals surface area contributed by atoms with Crippen molar-refractivity contribution in [2.45, 2.75) is 38.9 Å². The van der Waals surface area contributed by atoms with Gasteiger partial charge in [-0.25, -0.2) is 4.98 Å². The molecule has 1 aliphatic rings. The summed E-state index contributed by atoms with van der Waals surface area (Å²) >= 11 is 0.